The van der Waals surface area contributed by atoms with Gasteiger partial charge in [0, 0.05) is 158 Å². The maximum Gasteiger partial charge on any atom is 0.187 e. The second-order valence-corrected chi connectivity index (χ2v) is 43.8. The lowest BCUT2D eigenvalue weighted by atomic mass is 10.0. The Bertz CT molecular complexity index is 6800. The maximum absolute atomic E-state index is 13.0. The van der Waals surface area contributed by atoms with Crippen LogP contribution < -0.4 is 100 Å². The van der Waals surface area contributed by atoms with E-state index < -0.39 is 14.3 Å². The van der Waals surface area contributed by atoms with Crippen molar-refractivity contribution in [3.8, 4) is 80.5 Å². The van der Waals surface area contributed by atoms with Gasteiger partial charge in [0.15, 0.2) is 81.0 Å². The van der Waals surface area contributed by atoms with Crippen LogP contribution in [0.25, 0.3) is 0 Å². The lowest BCUT2D eigenvalue weighted by Gasteiger charge is -2.18. The highest BCUT2D eigenvalue weighted by Gasteiger charge is 2.27. The number of pyridine rings is 7. The van der Waals surface area contributed by atoms with Gasteiger partial charge in [-0.15, -0.1) is 11.8 Å². The van der Waals surface area contributed by atoms with E-state index in [1.165, 1.54) is 0 Å². The minimum Gasteiger partial charge on any atom is -0.451 e. The number of ether oxygens (including phenoxy) is 7. The first-order valence-electron chi connectivity index (χ1n) is 46.7. The average Bonchev–Trinajstić information content (AvgIpc) is 0.800. The van der Waals surface area contributed by atoms with E-state index in [2.05, 4.69) is 193 Å². The van der Waals surface area contributed by atoms with E-state index >= 15 is 0 Å². The van der Waals surface area contributed by atoms with Crippen LogP contribution in [-0.2, 0) is 9.13 Å². The van der Waals surface area contributed by atoms with Gasteiger partial charge in [-0.2, -0.15) is 0 Å². The summed E-state index contributed by atoms with van der Waals surface area (Å²) in [7, 11) is 0.718. The monoisotopic (exact) mass is 2050 g/mol. The molecule has 14 aromatic heterocycles. The van der Waals surface area contributed by atoms with Gasteiger partial charge in [0.05, 0.1) is 48.4 Å². The van der Waals surface area contributed by atoms with Crippen molar-refractivity contribution in [2.24, 2.45) is 0 Å². The molecule has 18 N–H and O–H groups in total. The van der Waals surface area contributed by atoms with Gasteiger partial charge in [-0.05, 0) is 109 Å². The highest BCUT2D eigenvalue weighted by Crippen LogP contribution is 2.46. The predicted octanol–water partition coefficient (Wildman–Crippen LogP) is 21.1. The molecule has 0 amide bonds. The molecule has 44 heteroatoms. The van der Waals surface area contributed by atoms with Gasteiger partial charge in [-0.1, -0.05) is 123 Å². The Morgan fingerprint density at radius 1 is 0.338 bits per heavy atom. The number of thioether (sulfide) groups is 1. The van der Waals surface area contributed by atoms with Gasteiger partial charge < -0.3 is 103 Å². The highest BCUT2D eigenvalue weighted by atomic mass is 32.2. The first-order chi connectivity index (χ1) is 68.3. The van der Waals surface area contributed by atoms with Crippen molar-refractivity contribution in [1.82, 2.24) is 105 Å². The number of aryl methyl sites for hydroxylation is 7. The molecule has 0 fully saturated rings. The molecule has 772 valence electrons. The number of anilines is 10. The molecule has 0 aliphatic carbocycles. The molecule has 0 aliphatic rings. The normalized spacial score (nSPS) is 11.1. The van der Waals surface area contributed by atoms with Crippen LogP contribution in [0.2, 0.25) is 0 Å². The highest BCUT2D eigenvalue weighted by molar-refractivity contribution is 7.98. The van der Waals surface area contributed by atoms with E-state index in [-0.39, 0.29) is 41.2 Å². The molecule has 0 unspecified atom stereocenters. The summed E-state index contributed by atoms with van der Waals surface area (Å²) in [5.74, 6) is 17.9. The van der Waals surface area contributed by atoms with Crippen LogP contribution in [0, 0.1) is 53.1 Å². The molecule has 0 bridgehead atoms. The molecular weight excluding hydrogens is 1920 g/mol. The van der Waals surface area contributed by atoms with Crippen molar-refractivity contribution in [2.45, 2.75) is 206 Å². The van der Waals surface area contributed by atoms with Crippen molar-refractivity contribution in [3.63, 3.8) is 0 Å². The fourth-order valence-electron chi connectivity index (χ4n) is 13.1. The number of nitrogens with one attached hydrogen (secondary N) is 2. The summed E-state index contributed by atoms with van der Waals surface area (Å²) < 4.78 is 66.9. The summed E-state index contributed by atoms with van der Waals surface area (Å²) in [6, 6.07) is 12.6. The van der Waals surface area contributed by atoms with E-state index in [4.69, 9.17) is 91.2 Å². The Kier molecular flexibility index (Phi) is 42.2. The van der Waals surface area contributed by atoms with Crippen LogP contribution in [-0.4, -0.2) is 158 Å². The zero-order valence-electron chi connectivity index (χ0n) is 88.0. The average molecular weight is 2060 g/mol. The molecule has 40 nitrogen and oxygen atoms in total. The van der Waals surface area contributed by atoms with Crippen LogP contribution in [0.5, 0.6) is 80.5 Å². The van der Waals surface area contributed by atoms with Gasteiger partial charge in [0.1, 0.15) is 128 Å². The SMILES string of the molecule is CCP(=O)(CC)c1cc(Oc2cnc(C)nc2N)c(C(C)C)cn1.CNc1cc(Oc2cnc(C)nc2N)c(C(C)C)cn1.CSc1cc(Oc2cnc(C)nc2N)c(C(C)C)cn1.Cc1ncc(Oc2cc(=S)[nH]cc2C(C)C)c(N)n1.Cc1ncc(Oc2cc(N(C)C)ncc2C(C)C)c(N)n1.Cc1ncc(Oc2cc(N)ncc2C(C)C)c(N)n1.Cc1ncc(Oc2cc(P(C)(C)=O)ncc2C(C)C)c(N)n1. The molecule has 14 heterocycles. The van der Waals surface area contributed by atoms with Crippen LogP contribution in [0.15, 0.2) is 134 Å². The molecule has 0 saturated carbocycles. The molecule has 145 heavy (non-hydrogen) atoms. The number of rotatable bonds is 28. The Morgan fingerprint density at radius 3 is 0.890 bits per heavy atom. The molecule has 0 aromatic carbocycles. The third-order valence-corrected chi connectivity index (χ3v) is 26.7. The summed E-state index contributed by atoms with van der Waals surface area (Å²) in [4.78, 5) is 88.2. The second-order valence-electron chi connectivity index (χ2n) is 35.9. The van der Waals surface area contributed by atoms with Crippen LogP contribution in [0.4, 0.5) is 58.2 Å². The number of aromatic amines is 1. The molecule has 0 saturated heterocycles. The summed E-state index contributed by atoms with van der Waals surface area (Å²) in [6.07, 6.45) is 26.6. The predicted molar refractivity (Wildman–Crippen MR) is 582 cm³/mol. The van der Waals surface area contributed by atoms with Crippen molar-refractivity contribution >= 4 is 107 Å². The van der Waals surface area contributed by atoms with E-state index in [9.17, 15) is 9.13 Å². The first kappa shape index (κ1) is 115. The standard InChI is InChI=1S/C17H25N4O2P.C15H21N5O.C15H21N4O2P.C14H19N5O.C14H18N4OS.C13H17N5O.C13H16N4OS/c1-6-24(22,7-2)16-8-14(13(9-20-16)11(3)4)23-15-10-19-12(5)21-17(15)18;1-9(2)11-7-18-14(20(4)5)6-12(11)21-13-8-17-10(3)19-15(13)16;1-9(2)11-7-18-14(22(4,5)20)6-12(11)21-13-8-17-10(3)19-15(13)16;1-8(2)10-6-18-13(16-4)5-11(10)20-12-7-17-9(3)19-14(12)15;1-8(2)10-6-17-13(20-4)5-11(10)19-12-7-16-9(3)18-14(12)15;1-7(2)9-5-17-12(14)4-10(9)19-11-6-16-8(3)18-13(11)15;1-7(2)9-5-16-12(19)4-10(9)18-11-6-15-8(3)17-13(11)14/h8-11H,6-7H2,1-5H3,(H2,18,19,21);6-9H,1-5H3,(H2,16,17,19);6-9H,1-5H3,(H2,16,17,19);5-8H,1-4H3,(H,16,18)(H2,15,17,19);5-8H,1-4H3,(H2,15,16,18);4-7H,1-3H3,(H2,14,17)(H2,15,16,18);4-7H,1-3H3,(H,16,19)(H2,14,15,17). The van der Waals surface area contributed by atoms with Gasteiger partial charge in [0.25, 0.3) is 0 Å². The van der Waals surface area contributed by atoms with Gasteiger partial charge >= 0.3 is 0 Å². The van der Waals surface area contributed by atoms with E-state index in [0.29, 0.717) is 184 Å². The number of hydrogen-bond donors (Lipinski definition) is 10. The molecule has 14 rings (SSSR count). The lowest BCUT2D eigenvalue weighted by Crippen LogP contribution is -2.14. The molecule has 14 aromatic rings. The Morgan fingerprint density at radius 2 is 0.600 bits per heavy atom. The second kappa shape index (κ2) is 53.0. The van der Waals surface area contributed by atoms with Gasteiger partial charge in [-0.3, -0.25) is 9.97 Å². The zero-order chi connectivity index (χ0) is 107. The Labute approximate surface area is 858 Å². The quantitative estimate of drug-likeness (QED) is 0.0124. The number of hydrogen-bond acceptors (Lipinski definition) is 41. The minimum absolute atomic E-state index is 0.205. The molecule has 0 atom stereocenters. The largest absolute Gasteiger partial charge is 0.451 e. The third kappa shape index (κ3) is 33.7. The number of nitrogens with zero attached hydrogens (tertiary/aromatic N) is 21. The Hall–Kier alpha value is -14.8. The van der Waals surface area contributed by atoms with E-state index in [0.717, 1.165) is 67.1 Å². The van der Waals surface area contributed by atoms with Crippen molar-refractivity contribution in [2.75, 3.05) is 109 Å². The maximum atomic E-state index is 13.0. The minimum atomic E-state index is -2.49. The third-order valence-electron chi connectivity index (χ3n) is 21.4. The molecular formula is C101H137N31O9P2S2. The fourth-order valence-corrected chi connectivity index (χ4v) is 16.1. The summed E-state index contributed by atoms with van der Waals surface area (Å²) in [5, 5.41) is 3.89. The summed E-state index contributed by atoms with van der Waals surface area (Å²) in [5.41, 5.74) is 54.7. The topological polar surface area (TPSA) is 596 Å². The van der Waals surface area contributed by atoms with Crippen LogP contribution in [0.3, 0.4) is 0 Å². The molecule has 0 aliphatic heterocycles. The van der Waals surface area contributed by atoms with Gasteiger partial charge in [0.2, 0.25) is 0 Å². The Balaban J connectivity index is 0.000000207. The molecule has 0 radical (unpaired) electrons. The zero-order valence-corrected chi connectivity index (χ0v) is 91.4. The summed E-state index contributed by atoms with van der Waals surface area (Å²) in [6.45, 7) is 48.6. The number of aromatic nitrogens is 21. The van der Waals surface area contributed by atoms with Gasteiger partial charge in [-0.25, -0.2) is 89.7 Å². The van der Waals surface area contributed by atoms with Crippen LogP contribution >= 0.6 is 38.3 Å². The van der Waals surface area contributed by atoms with Crippen molar-refractivity contribution in [3.05, 3.63) is 214 Å². The van der Waals surface area contributed by atoms with E-state index in [1.807, 2.05) is 96.8 Å². The van der Waals surface area contributed by atoms with E-state index in [1.54, 1.807) is 166 Å². The first-order valence-corrected chi connectivity index (χ1v) is 53.0. The number of nitrogen functional groups attached to an aromatic ring is 8. The smallest absolute Gasteiger partial charge is 0.187 e. The lowest BCUT2D eigenvalue weighted by molar-refractivity contribution is 0.467. The van der Waals surface area contributed by atoms with Crippen LogP contribution in [0.1, 0.15) is 232 Å². The molecule has 0 spiro atoms. The van der Waals surface area contributed by atoms with Crippen molar-refractivity contribution in [1.29, 1.82) is 0 Å². The fraction of sp³-hybridized carbons (Fsp3) is 0.376. The number of nitrogens with two attached hydrogens (primary N) is 8. The summed E-state index contributed by atoms with van der Waals surface area (Å²) >= 11 is 6.68. The van der Waals surface area contributed by atoms with Crippen molar-refractivity contribution < 1.29 is 42.3 Å². The number of H-pyrrole nitrogens is 1.